The lowest BCUT2D eigenvalue weighted by atomic mass is 10.1. The normalized spacial score (nSPS) is 11.3. The number of pyridine rings is 2. The molecule has 0 saturated carbocycles. The number of imidazole rings is 1. The summed E-state index contributed by atoms with van der Waals surface area (Å²) in [5.74, 6) is 1.68. The number of nitrogens with two attached hydrogens (primary N) is 1. The zero-order valence-corrected chi connectivity index (χ0v) is 13.4. The summed E-state index contributed by atoms with van der Waals surface area (Å²) in [4.78, 5) is 19.1. The molecule has 3 N–H and O–H groups in total. The van der Waals surface area contributed by atoms with Crippen molar-refractivity contribution < 1.29 is 18.0 Å². The van der Waals surface area contributed by atoms with Crippen LogP contribution in [-0.2, 0) is 11.0 Å². The molecule has 3 aromatic heterocycles. The number of carbonyl (C=O) groups is 1. The number of nitrogen functional groups attached to an aromatic ring is 1. The van der Waals surface area contributed by atoms with Gasteiger partial charge < -0.3 is 11.1 Å². The van der Waals surface area contributed by atoms with Gasteiger partial charge in [0.25, 0.3) is 0 Å². The van der Waals surface area contributed by atoms with E-state index in [9.17, 15) is 18.0 Å². The number of carbonyl (C=O) groups excluding carboxylic acids is 1. The summed E-state index contributed by atoms with van der Waals surface area (Å²) in [6.45, 7) is 1.31. The van der Waals surface area contributed by atoms with E-state index >= 15 is 0 Å². The van der Waals surface area contributed by atoms with Crippen molar-refractivity contribution in [3.05, 3.63) is 41.9 Å². The van der Waals surface area contributed by atoms with Crippen LogP contribution in [0.2, 0.25) is 0 Å². The molecule has 0 radical (unpaired) electrons. The van der Waals surface area contributed by atoms with Gasteiger partial charge in [-0.05, 0) is 24.1 Å². The number of nitrogens with zero attached hydrogens (tertiary/aromatic N) is 3. The Hall–Kier alpha value is -3.54. The number of terminal acetylenes is 1. The van der Waals surface area contributed by atoms with Crippen LogP contribution in [0.5, 0.6) is 0 Å². The van der Waals surface area contributed by atoms with E-state index in [1.165, 1.54) is 23.7 Å². The Labute approximate surface area is 145 Å². The number of hydrogen-bond acceptors (Lipinski definition) is 4. The topological polar surface area (TPSA) is 85.3 Å². The standard InChI is InChI=1S/C17H12F3N5O/c1-3-13-16(23-9(2)26)24-14-5-4-10(8-25(13)14)11-6-12(17(18,19)20)15(21)22-7-11/h1,4-8H,2H3,(H2,21,22)(H,23,26). The van der Waals surface area contributed by atoms with E-state index < -0.39 is 17.6 Å². The molecule has 0 spiro atoms. The fourth-order valence-electron chi connectivity index (χ4n) is 2.47. The van der Waals surface area contributed by atoms with Gasteiger partial charge in [-0.1, -0.05) is 0 Å². The van der Waals surface area contributed by atoms with Crippen molar-refractivity contribution in [1.29, 1.82) is 0 Å². The first-order valence-corrected chi connectivity index (χ1v) is 7.30. The van der Waals surface area contributed by atoms with Gasteiger partial charge in [-0.25, -0.2) is 9.97 Å². The Bertz CT molecular complexity index is 1060. The average Bonchev–Trinajstić information content (AvgIpc) is 2.89. The molecule has 0 aliphatic carbocycles. The van der Waals surface area contributed by atoms with E-state index in [1.54, 1.807) is 12.1 Å². The highest BCUT2D eigenvalue weighted by molar-refractivity contribution is 5.89. The smallest absolute Gasteiger partial charge is 0.383 e. The fourth-order valence-corrected chi connectivity index (χ4v) is 2.47. The Balaban J connectivity index is 2.16. The number of anilines is 2. The maximum Gasteiger partial charge on any atom is 0.419 e. The lowest BCUT2D eigenvalue weighted by Gasteiger charge is -2.11. The minimum Gasteiger partial charge on any atom is -0.383 e. The molecular formula is C17H12F3N5O. The first-order chi connectivity index (χ1) is 12.2. The molecule has 26 heavy (non-hydrogen) atoms. The fraction of sp³-hybridized carbons (Fsp3) is 0.118. The molecule has 0 bridgehead atoms. The van der Waals surface area contributed by atoms with Gasteiger partial charge >= 0.3 is 6.18 Å². The molecule has 3 heterocycles. The van der Waals surface area contributed by atoms with E-state index in [4.69, 9.17) is 12.2 Å². The number of aromatic nitrogens is 3. The maximum atomic E-state index is 13.0. The number of rotatable bonds is 2. The van der Waals surface area contributed by atoms with Crippen molar-refractivity contribution in [3.63, 3.8) is 0 Å². The van der Waals surface area contributed by atoms with Gasteiger partial charge in [0.2, 0.25) is 5.91 Å². The van der Waals surface area contributed by atoms with Gasteiger partial charge in [-0.3, -0.25) is 9.20 Å². The van der Waals surface area contributed by atoms with Crippen LogP contribution in [0.4, 0.5) is 24.8 Å². The quantitative estimate of drug-likeness (QED) is 0.689. The summed E-state index contributed by atoms with van der Waals surface area (Å²) in [5.41, 5.74) is 5.66. The highest BCUT2D eigenvalue weighted by Gasteiger charge is 2.34. The highest BCUT2D eigenvalue weighted by atomic mass is 19.4. The van der Waals surface area contributed by atoms with Crippen molar-refractivity contribution in [3.8, 4) is 23.5 Å². The Morgan fingerprint density at radius 2 is 2.08 bits per heavy atom. The lowest BCUT2D eigenvalue weighted by Crippen LogP contribution is -2.10. The molecule has 0 atom stereocenters. The molecule has 0 aliphatic rings. The van der Waals surface area contributed by atoms with Gasteiger partial charge in [0.15, 0.2) is 5.82 Å². The third kappa shape index (κ3) is 3.04. The molecular weight excluding hydrogens is 347 g/mol. The Morgan fingerprint density at radius 3 is 2.69 bits per heavy atom. The SMILES string of the molecule is C#Cc1c(NC(C)=O)nc2ccc(-c3cnc(N)c(C(F)(F)F)c3)cn12. The third-order valence-electron chi connectivity index (χ3n) is 3.61. The number of hydrogen-bond donors (Lipinski definition) is 2. The minimum absolute atomic E-state index is 0.198. The molecule has 0 saturated heterocycles. The molecule has 0 unspecified atom stereocenters. The zero-order chi connectivity index (χ0) is 19.1. The van der Waals surface area contributed by atoms with Gasteiger partial charge in [0.1, 0.15) is 17.2 Å². The molecule has 132 valence electrons. The molecule has 6 nitrogen and oxygen atoms in total. The second-order valence-corrected chi connectivity index (χ2v) is 5.44. The van der Waals surface area contributed by atoms with Crippen LogP contribution in [0.1, 0.15) is 18.2 Å². The minimum atomic E-state index is -4.62. The summed E-state index contributed by atoms with van der Waals surface area (Å²) < 4.78 is 40.6. The second kappa shape index (κ2) is 6.07. The first kappa shape index (κ1) is 17.3. The summed E-state index contributed by atoms with van der Waals surface area (Å²) >= 11 is 0. The third-order valence-corrected chi connectivity index (χ3v) is 3.61. The molecule has 0 aromatic carbocycles. The summed E-state index contributed by atoms with van der Waals surface area (Å²) in [7, 11) is 0. The van der Waals surface area contributed by atoms with Crippen molar-refractivity contribution in [1.82, 2.24) is 14.4 Å². The summed E-state index contributed by atoms with van der Waals surface area (Å²) in [6, 6.07) is 4.07. The predicted octanol–water partition coefficient (Wildman–Crippen LogP) is 2.94. The van der Waals surface area contributed by atoms with Crippen molar-refractivity contribution in [2.24, 2.45) is 0 Å². The molecule has 0 aliphatic heterocycles. The van der Waals surface area contributed by atoms with E-state index in [0.717, 1.165) is 6.07 Å². The van der Waals surface area contributed by atoms with Gasteiger partial charge in [0.05, 0.1) is 5.56 Å². The van der Waals surface area contributed by atoms with Crippen LogP contribution in [0.15, 0.2) is 30.6 Å². The van der Waals surface area contributed by atoms with Crippen LogP contribution in [0.25, 0.3) is 16.8 Å². The van der Waals surface area contributed by atoms with E-state index in [1.807, 2.05) is 0 Å². The number of alkyl halides is 3. The number of halogens is 3. The average molecular weight is 359 g/mol. The van der Waals surface area contributed by atoms with Crippen molar-refractivity contribution >= 4 is 23.2 Å². The Morgan fingerprint density at radius 1 is 1.35 bits per heavy atom. The highest BCUT2D eigenvalue weighted by Crippen LogP contribution is 2.35. The molecule has 9 heteroatoms. The molecule has 1 amide bonds. The number of nitrogens with one attached hydrogen (secondary N) is 1. The van der Waals surface area contributed by atoms with Crippen LogP contribution in [0, 0.1) is 12.3 Å². The lowest BCUT2D eigenvalue weighted by molar-refractivity contribution is -0.137. The molecule has 0 fully saturated rings. The molecule has 3 rings (SSSR count). The van der Waals surface area contributed by atoms with Crippen molar-refractivity contribution in [2.75, 3.05) is 11.1 Å². The van der Waals surface area contributed by atoms with Crippen LogP contribution < -0.4 is 11.1 Å². The first-order valence-electron chi connectivity index (χ1n) is 7.30. The van der Waals surface area contributed by atoms with Crippen LogP contribution in [0.3, 0.4) is 0 Å². The van der Waals surface area contributed by atoms with E-state index in [0.29, 0.717) is 11.2 Å². The van der Waals surface area contributed by atoms with Crippen LogP contribution >= 0.6 is 0 Å². The number of fused-ring (bicyclic) bond motifs is 1. The monoisotopic (exact) mass is 359 g/mol. The summed E-state index contributed by atoms with van der Waals surface area (Å²) in [6.07, 6.45) is 3.64. The largest absolute Gasteiger partial charge is 0.419 e. The van der Waals surface area contributed by atoms with E-state index in [2.05, 4.69) is 21.2 Å². The Kier molecular flexibility index (Phi) is 4.04. The number of amides is 1. The molecule has 3 aromatic rings. The maximum absolute atomic E-state index is 13.0. The van der Waals surface area contributed by atoms with Gasteiger partial charge in [0, 0.05) is 30.4 Å². The van der Waals surface area contributed by atoms with E-state index in [-0.39, 0.29) is 23.0 Å². The predicted molar refractivity (Wildman–Crippen MR) is 90.1 cm³/mol. The van der Waals surface area contributed by atoms with Crippen LogP contribution in [-0.4, -0.2) is 20.3 Å². The van der Waals surface area contributed by atoms with Crippen molar-refractivity contribution in [2.45, 2.75) is 13.1 Å². The zero-order valence-electron chi connectivity index (χ0n) is 13.4. The van der Waals surface area contributed by atoms with Gasteiger partial charge in [-0.15, -0.1) is 6.42 Å². The van der Waals surface area contributed by atoms with Gasteiger partial charge in [-0.2, -0.15) is 13.2 Å². The summed E-state index contributed by atoms with van der Waals surface area (Å²) in [5, 5.41) is 2.52. The second-order valence-electron chi connectivity index (χ2n) is 5.44.